The highest BCUT2D eigenvalue weighted by atomic mass is 35.5. The fourth-order valence-corrected chi connectivity index (χ4v) is 2.50. The first-order valence-electron chi connectivity index (χ1n) is 8.40. The third kappa shape index (κ3) is 5.50. The highest BCUT2D eigenvalue weighted by Gasteiger charge is 2.26. The van der Waals surface area contributed by atoms with E-state index in [2.05, 4.69) is 5.32 Å². The number of hydrogen-bond acceptors (Lipinski definition) is 5. The van der Waals surface area contributed by atoms with E-state index in [1.54, 1.807) is 38.1 Å². The normalized spacial score (nSPS) is 11.1. The molecule has 0 spiro atoms. The average molecular weight is 412 g/mol. The summed E-state index contributed by atoms with van der Waals surface area (Å²) in [6.07, 6.45) is 0. The fourth-order valence-electron chi connectivity index (χ4n) is 2.50. The molecule has 0 radical (unpaired) electrons. The molecule has 7 nitrogen and oxygen atoms in total. The number of aliphatic carboxylic acids is 1. The van der Waals surface area contributed by atoms with Crippen molar-refractivity contribution < 1.29 is 23.8 Å². The van der Waals surface area contributed by atoms with E-state index in [1.165, 1.54) is 12.1 Å². The maximum atomic E-state index is 14.8. The van der Waals surface area contributed by atoms with Gasteiger partial charge in [0.05, 0.1) is 13.2 Å². The van der Waals surface area contributed by atoms with Crippen LogP contribution in [0.1, 0.15) is 31.0 Å². The lowest BCUT2D eigenvalue weighted by Gasteiger charge is -2.19. The van der Waals surface area contributed by atoms with E-state index in [0.717, 1.165) is 0 Å². The van der Waals surface area contributed by atoms with Crippen molar-refractivity contribution in [2.75, 3.05) is 18.5 Å². The molecule has 0 aliphatic heterocycles. The van der Waals surface area contributed by atoms with Gasteiger partial charge in [-0.2, -0.15) is 0 Å². The van der Waals surface area contributed by atoms with Crippen LogP contribution < -0.4 is 20.5 Å². The van der Waals surface area contributed by atoms with Crippen LogP contribution in [-0.2, 0) is 4.79 Å². The van der Waals surface area contributed by atoms with E-state index in [-0.39, 0.29) is 36.2 Å². The van der Waals surface area contributed by atoms with Crippen LogP contribution in [-0.4, -0.2) is 30.1 Å². The number of rotatable bonds is 9. The molecule has 0 aliphatic rings. The number of carboxylic acid groups (broad SMARTS) is 1. The smallest absolute Gasteiger partial charge is 0.330 e. The van der Waals surface area contributed by atoms with E-state index < -0.39 is 17.8 Å². The predicted molar refractivity (Wildman–Crippen MR) is 107 cm³/mol. The van der Waals surface area contributed by atoms with Crippen molar-refractivity contribution in [3.63, 3.8) is 0 Å². The number of nitrogen functional groups attached to an aromatic ring is 1. The van der Waals surface area contributed by atoms with Gasteiger partial charge in [-0.15, -0.1) is 12.4 Å². The largest absolute Gasteiger partial charge is 0.494 e. The molecule has 0 saturated heterocycles. The number of amidine groups is 1. The number of benzene rings is 2. The van der Waals surface area contributed by atoms with Crippen molar-refractivity contribution in [2.24, 2.45) is 5.73 Å². The number of anilines is 1. The SMILES string of the molecule is CCOc1cc(OCC)c(F)c(C(Nc2ccc(C(=N)N)cc2)C(=O)O)c1.Cl. The number of nitrogens with one attached hydrogen (secondary N) is 2. The lowest BCUT2D eigenvalue weighted by Crippen LogP contribution is -2.22. The summed E-state index contributed by atoms with van der Waals surface area (Å²) in [7, 11) is 0. The monoisotopic (exact) mass is 411 g/mol. The van der Waals surface area contributed by atoms with Gasteiger partial charge in [-0.05, 0) is 44.2 Å². The Kier molecular flexibility index (Phi) is 8.53. The molecule has 152 valence electrons. The first-order valence-corrected chi connectivity index (χ1v) is 8.40. The van der Waals surface area contributed by atoms with Gasteiger partial charge in [0.15, 0.2) is 17.6 Å². The molecular formula is C19H23ClFN3O4. The molecular weight excluding hydrogens is 389 g/mol. The molecule has 0 aliphatic carbocycles. The van der Waals surface area contributed by atoms with Crippen LogP contribution >= 0.6 is 12.4 Å². The lowest BCUT2D eigenvalue weighted by atomic mass is 10.0. The topological polar surface area (TPSA) is 118 Å². The van der Waals surface area contributed by atoms with Gasteiger partial charge in [-0.1, -0.05) is 0 Å². The lowest BCUT2D eigenvalue weighted by molar-refractivity contribution is -0.138. The minimum absolute atomic E-state index is 0. The molecule has 1 atom stereocenters. The highest BCUT2D eigenvalue weighted by Crippen LogP contribution is 2.33. The van der Waals surface area contributed by atoms with Gasteiger partial charge >= 0.3 is 5.97 Å². The molecule has 28 heavy (non-hydrogen) atoms. The molecule has 0 amide bonds. The number of hydrogen-bond donors (Lipinski definition) is 4. The van der Waals surface area contributed by atoms with Gasteiger partial charge in [0.2, 0.25) is 0 Å². The minimum atomic E-state index is -1.37. The van der Waals surface area contributed by atoms with Crippen molar-refractivity contribution in [3.8, 4) is 11.5 Å². The number of carboxylic acids is 1. The molecule has 5 N–H and O–H groups in total. The van der Waals surface area contributed by atoms with Crippen LogP contribution in [0, 0.1) is 11.2 Å². The van der Waals surface area contributed by atoms with E-state index >= 15 is 0 Å². The summed E-state index contributed by atoms with van der Waals surface area (Å²) >= 11 is 0. The zero-order chi connectivity index (χ0) is 20.0. The molecule has 2 aromatic rings. The standard InChI is InChI=1S/C19H22FN3O4.ClH/c1-3-26-13-9-14(16(20)15(10-13)27-4-2)17(19(24)25)23-12-7-5-11(6-8-12)18(21)22;/h5-10,17,23H,3-4H2,1-2H3,(H3,21,22)(H,24,25);1H. The molecule has 0 heterocycles. The van der Waals surface area contributed by atoms with E-state index in [4.69, 9.17) is 20.6 Å². The number of nitrogens with two attached hydrogens (primary N) is 1. The summed E-state index contributed by atoms with van der Waals surface area (Å²) in [6, 6.07) is 7.65. The van der Waals surface area contributed by atoms with Crippen molar-refractivity contribution in [1.29, 1.82) is 5.41 Å². The molecule has 0 fully saturated rings. The Hall–Kier alpha value is -3.00. The second-order valence-corrected chi connectivity index (χ2v) is 5.60. The van der Waals surface area contributed by atoms with E-state index in [1.807, 2.05) is 0 Å². The highest BCUT2D eigenvalue weighted by molar-refractivity contribution is 5.95. The van der Waals surface area contributed by atoms with Crippen LogP contribution in [0.3, 0.4) is 0 Å². The Balaban J connectivity index is 0.00000392. The summed E-state index contributed by atoms with van der Waals surface area (Å²) in [5.41, 5.74) is 6.23. The Morgan fingerprint density at radius 3 is 2.32 bits per heavy atom. The molecule has 0 aromatic heterocycles. The number of carbonyl (C=O) groups is 1. The second kappa shape index (κ2) is 10.4. The predicted octanol–water partition coefficient (Wildman–Crippen LogP) is 3.57. The zero-order valence-electron chi connectivity index (χ0n) is 15.5. The Bertz CT molecular complexity index is 831. The first-order chi connectivity index (χ1) is 12.9. The van der Waals surface area contributed by atoms with Crippen LogP contribution in [0.5, 0.6) is 11.5 Å². The van der Waals surface area contributed by atoms with Gasteiger partial charge < -0.3 is 25.6 Å². The summed E-state index contributed by atoms with van der Waals surface area (Å²) in [4.78, 5) is 11.8. The van der Waals surface area contributed by atoms with E-state index in [0.29, 0.717) is 23.6 Å². The van der Waals surface area contributed by atoms with Crippen LogP contribution in [0.25, 0.3) is 0 Å². The molecule has 1 unspecified atom stereocenters. The van der Waals surface area contributed by atoms with Gasteiger partial charge in [0.25, 0.3) is 0 Å². The maximum absolute atomic E-state index is 14.8. The summed E-state index contributed by atoms with van der Waals surface area (Å²) in [5.74, 6) is -1.88. The second-order valence-electron chi connectivity index (χ2n) is 5.60. The zero-order valence-corrected chi connectivity index (χ0v) is 16.3. The molecule has 0 saturated carbocycles. The van der Waals surface area contributed by atoms with Crippen LogP contribution in [0.4, 0.5) is 10.1 Å². The Labute approximate surface area is 168 Å². The number of halogens is 2. The van der Waals surface area contributed by atoms with Gasteiger partial charge in [-0.25, -0.2) is 9.18 Å². The average Bonchev–Trinajstić information content (AvgIpc) is 2.63. The van der Waals surface area contributed by atoms with Gasteiger partial charge in [0.1, 0.15) is 11.6 Å². The third-order valence-electron chi connectivity index (χ3n) is 3.72. The summed E-state index contributed by atoms with van der Waals surface area (Å²) in [5, 5.41) is 19.8. The third-order valence-corrected chi connectivity index (χ3v) is 3.72. The Morgan fingerprint density at radius 2 is 1.82 bits per heavy atom. The van der Waals surface area contributed by atoms with Crippen molar-refractivity contribution in [3.05, 3.63) is 53.3 Å². The van der Waals surface area contributed by atoms with Gasteiger partial charge in [-0.3, -0.25) is 5.41 Å². The first kappa shape index (κ1) is 23.0. The van der Waals surface area contributed by atoms with E-state index in [9.17, 15) is 14.3 Å². The molecule has 9 heteroatoms. The Morgan fingerprint density at radius 1 is 1.21 bits per heavy atom. The summed E-state index contributed by atoms with van der Waals surface area (Å²) < 4.78 is 25.5. The molecule has 2 aromatic carbocycles. The maximum Gasteiger partial charge on any atom is 0.330 e. The van der Waals surface area contributed by atoms with Crippen LogP contribution in [0.15, 0.2) is 36.4 Å². The fraction of sp³-hybridized carbons (Fsp3) is 0.263. The van der Waals surface area contributed by atoms with Gasteiger partial charge in [0, 0.05) is 22.9 Å². The molecule has 2 rings (SSSR count). The summed E-state index contributed by atoms with van der Waals surface area (Å²) in [6.45, 7) is 4.04. The van der Waals surface area contributed by atoms with Crippen molar-refractivity contribution in [2.45, 2.75) is 19.9 Å². The molecule has 0 bridgehead atoms. The van der Waals surface area contributed by atoms with Crippen molar-refractivity contribution in [1.82, 2.24) is 0 Å². The minimum Gasteiger partial charge on any atom is -0.494 e. The van der Waals surface area contributed by atoms with Crippen molar-refractivity contribution >= 4 is 29.9 Å². The number of ether oxygens (including phenoxy) is 2. The van der Waals surface area contributed by atoms with Crippen LogP contribution in [0.2, 0.25) is 0 Å². The quantitative estimate of drug-likeness (QED) is 0.370.